The molecule has 1 atom stereocenters. The van der Waals surface area contributed by atoms with Gasteiger partial charge >= 0.3 is 5.69 Å². The zero-order valence-corrected chi connectivity index (χ0v) is 12.4. The van der Waals surface area contributed by atoms with Crippen molar-refractivity contribution in [3.8, 4) is 0 Å². The Kier molecular flexibility index (Phi) is 5.43. The second-order valence-corrected chi connectivity index (χ2v) is 5.02. The molecule has 2 rings (SSSR count). The van der Waals surface area contributed by atoms with Crippen LogP contribution in [-0.2, 0) is 6.54 Å². The quantitative estimate of drug-likeness (QED) is 0.847. The summed E-state index contributed by atoms with van der Waals surface area (Å²) in [6, 6.07) is 10.3. The van der Waals surface area contributed by atoms with Gasteiger partial charge in [-0.1, -0.05) is 25.1 Å². The average Bonchev–Trinajstić information content (AvgIpc) is 2.55. The van der Waals surface area contributed by atoms with Crippen molar-refractivity contribution in [2.45, 2.75) is 19.9 Å². The maximum absolute atomic E-state index is 12.0. The number of aromatic nitrogens is 2. The van der Waals surface area contributed by atoms with E-state index in [0.717, 1.165) is 6.42 Å². The summed E-state index contributed by atoms with van der Waals surface area (Å²) >= 11 is 0. The zero-order chi connectivity index (χ0) is 15.9. The standard InChI is InChI=1S/C16H19N3O3/c1-2-12(11-20)10-19-9-8-14(18-16(19)22)17-15(21)13-6-4-3-5-7-13/h3-9,12,20H,2,10-11H2,1H3,(H,17,18,21,22). The van der Waals surface area contributed by atoms with Crippen molar-refractivity contribution in [1.29, 1.82) is 0 Å². The molecule has 116 valence electrons. The number of rotatable bonds is 6. The van der Waals surface area contributed by atoms with Crippen LogP contribution >= 0.6 is 0 Å². The summed E-state index contributed by atoms with van der Waals surface area (Å²) in [6.07, 6.45) is 2.35. The highest BCUT2D eigenvalue weighted by Gasteiger charge is 2.10. The molecule has 1 amide bonds. The Balaban J connectivity index is 2.09. The average molecular weight is 301 g/mol. The minimum atomic E-state index is -0.447. The maximum atomic E-state index is 12.0. The Morgan fingerprint density at radius 3 is 2.64 bits per heavy atom. The molecule has 6 nitrogen and oxygen atoms in total. The molecule has 0 aliphatic carbocycles. The Bertz CT molecular complexity index is 679. The van der Waals surface area contributed by atoms with Crippen LogP contribution in [0.3, 0.4) is 0 Å². The van der Waals surface area contributed by atoms with Gasteiger partial charge in [-0.2, -0.15) is 4.98 Å². The molecule has 0 saturated carbocycles. The van der Waals surface area contributed by atoms with Gasteiger partial charge in [0.25, 0.3) is 5.91 Å². The number of carbonyl (C=O) groups excluding carboxylic acids is 1. The van der Waals surface area contributed by atoms with Crippen LogP contribution in [0.4, 0.5) is 5.82 Å². The van der Waals surface area contributed by atoms with Gasteiger partial charge in [-0.25, -0.2) is 4.79 Å². The molecule has 2 aromatic rings. The molecular formula is C16H19N3O3. The van der Waals surface area contributed by atoms with Crippen LogP contribution in [0, 0.1) is 5.92 Å². The number of nitrogens with zero attached hydrogens (tertiary/aromatic N) is 2. The van der Waals surface area contributed by atoms with E-state index in [2.05, 4.69) is 10.3 Å². The highest BCUT2D eigenvalue weighted by Crippen LogP contribution is 2.06. The summed E-state index contributed by atoms with van der Waals surface area (Å²) in [5.74, 6) is -0.0801. The lowest BCUT2D eigenvalue weighted by molar-refractivity contribution is 0.102. The van der Waals surface area contributed by atoms with Crippen LogP contribution in [0.2, 0.25) is 0 Å². The number of amides is 1. The van der Waals surface area contributed by atoms with E-state index in [1.807, 2.05) is 13.0 Å². The van der Waals surface area contributed by atoms with Crippen LogP contribution in [0.5, 0.6) is 0 Å². The van der Waals surface area contributed by atoms with E-state index in [9.17, 15) is 14.7 Å². The molecular weight excluding hydrogens is 282 g/mol. The third-order valence-corrected chi connectivity index (χ3v) is 3.44. The summed E-state index contributed by atoms with van der Waals surface area (Å²) in [6.45, 7) is 2.38. The molecule has 0 saturated heterocycles. The van der Waals surface area contributed by atoms with Crippen LogP contribution < -0.4 is 11.0 Å². The molecule has 1 aromatic heterocycles. The molecule has 0 fully saturated rings. The summed E-state index contributed by atoms with van der Waals surface area (Å²) in [7, 11) is 0. The van der Waals surface area contributed by atoms with E-state index in [-0.39, 0.29) is 24.2 Å². The normalized spacial score (nSPS) is 11.9. The lowest BCUT2D eigenvalue weighted by Crippen LogP contribution is -2.28. The number of benzene rings is 1. The molecule has 1 unspecified atom stereocenters. The van der Waals surface area contributed by atoms with Gasteiger partial charge in [0.1, 0.15) is 5.82 Å². The van der Waals surface area contributed by atoms with Gasteiger partial charge in [-0.15, -0.1) is 0 Å². The fraction of sp³-hybridized carbons (Fsp3) is 0.312. The number of nitrogens with one attached hydrogen (secondary N) is 1. The van der Waals surface area contributed by atoms with Crippen molar-refractivity contribution in [1.82, 2.24) is 9.55 Å². The molecule has 0 radical (unpaired) electrons. The molecule has 0 bridgehead atoms. The number of hydrogen-bond acceptors (Lipinski definition) is 4. The SMILES string of the molecule is CCC(CO)Cn1ccc(NC(=O)c2ccccc2)nc1=O. The Hall–Kier alpha value is -2.47. The Morgan fingerprint density at radius 1 is 1.32 bits per heavy atom. The summed E-state index contributed by atoms with van der Waals surface area (Å²) < 4.78 is 1.43. The van der Waals surface area contributed by atoms with Gasteiger partial charge in [0.2, 0.25) is 0 Å². The van der Waals surface area contributed by atoms with Gasteiger partial charge < -0.3 is 10.4 Å². The van der Waals surface area contributed by atoms with Crippen molar-refractivity contribution < 1.29 is 9.90 Å². The number of aliphatic hydroxyl groups excluding tert-OH is 1. The first-order valence-corrected chi connectivity index (χ1v) is 7.18. The summed E-state index contributed by atoms with van der Waals surface area (Å²) in [4.78, 5) is 27.8. The lowest BCUT2D eigenvalue weighted by atomic mass is 10.1. The van der Waals surface area contributed by atoms with E-state index < -0.39 is 5.69 Å². The third-order valence-electron chi connectivity index (χ3n) is 3.44. The molecule has 2 N–H and O–H groups in total. The molecule has 1 heterocycles. The van der Waals surface area contributed by atoms with Crippen LogP contribution in [0.1, 0.15) is 23.7 Å². The zero-order valence-electron chi connectivity index (χ0n) is 12.4. The smallest absolute Gasteiger partial charge is 0.349 e. The summed E-state index contributed by atoms with van der Waals surface area (Å²) in [5, 5.41) is 11.8. The maximum Gasteiger partial charge on any atom is 0.349 e. The number of aliphatic hydroxyl groups is 1. The Morgan fingerprint density at radius 2 is 2.05 bits per heavy atom. The fourth-order valence-corrected chi connectivity index (χ4v) is 2.01. The van der Waals surface area contributed by atoms with Gasteiger partial charge in [0, 0.05) is 24.9 Å². The van der Waals surface area contributed by atoms with Gasteiger partial charge in [-0.05, 0) is 30.5 Å². The van der Waals surface area contributed by atoms with Crippen LogP contribution in [0.25, 0.3) is 0 Å². The topological polar surface area (TPSA) is 84.2 Å². The monoisotopic (exact) mass is 301 g/mol. The van der Waals surface area contributed by atoms with Crippen molar-refractivity contribution in [3.05, 3.63) is 58.6 Å². The predicted molar refractivity (Wildman–Crippen MR) is 83.8 cm³/mol. The van der Waals surface area contributed by atoms with E-state index in [0.29, 0.717) is 12.1 Å². The van der Waals surface area contributed by atoms with Crippen molar-refractivity contribution in [2.75, 3.05) is 11.9 Å². The van der Waals surface area contributed by atoms with Gasteiger partial charge in [0.15, 0.2) is 0 Å². The lowest BCUT2D eigenvalue weighted by Gasteiger charge is -2.13. The molecule has 6 heteroatoms. The Labute approximate surface area is 128 Å². The van der Waals surface area contributed by atoms with Crippen LogP contribution in [0.15, 0.2) is 47.4 Å². The fourth-order valence-electron chi connectivity index (χ4n) is 2.01. The first-order valence-electron chi connectivity index (χ1n) is 7.18. The molecule has 1 aromatic carbocycles. The second kappa shape index (κ2) is 7.51. The van der Waals surface area contributed by atoms with E-state index in [1.165, 1.54) is 4.57 Å². The minimum absolute atomic E-state index is 0.0178. The number of carbonyl (C=O) groups is 1. The number of hydrogen-bond donors (Lipinski definition) is 2. The van der Waals surface area contributed by atoms with E-state index in [4.69, 9.17) is 0 Å². The van der Waals surface area contributed by atoms with E-state index in [1.54, 1.807) is 36.5 Å². The first kappa shape index (κ1) is 15.9. The van der Waals surface area contributed by atoms with Crippen molar-refractivity contribution in [2.24, 2.45) is 5.92 Å². The van der Waals surface area contributed by atoms with Gasteiger partial charge in [0.05, 0.1) is 0 Å². The molecule has 0 spiro atoms. The van der Waals surface area contributed by atoms with Crippen molar-refractivity contribution >= 4 is 11.7 Å². The van der Waals surface area contributed by atoms with Crippen molar-refractivity contribution in [3.63, 3.8) is 0 Å². The van der Waals surface area contributed by atoms with Gasteiger partial charge in [-0.3, -0.25) is 9.36 Å². The second-order valence-electron chi connectivity index (χ2n) is 5.02. The highest BCUT2D eigenvalue weighted by atomic mass is 16.3. The summed E-state index contributed by atoms with van der Waals surface area (Å²) in [5.41, 5.74) is 0.0533. The largest absolute Gasteiger partial charge is 0.396 e. The first-order chi connectivity index (χ1) is 10.6. The molecule has 0 aliphatic rings. The molecule has 0 aliphatic heterocycles. The van der Waals surface area contributed by atoms with Crippen LogP contribution in [-0.4, -0.2) is 27.2 Å². The third kappa shape index (κ3) is 4.02. The molecule has 22 heavy (non-hydrogen) atoms. The van der Waals surface area contributed by atoms with E-state index >= 15 is 0 Å². The predicted octanol–water partition coefficient (Wildman–Crippen LogP) is 1.51. The number of anilines is 1. The minimum Gasteiger partial charge on any atom is -0.396 e. The highest BCUT2D eigenvalue weighted by molar-refractivity contribution is 6.03.